The Bertz CT molecular complexity index is 958. The Hall–Kier alpha value is -1.52. The van der Waals surface area contributed by atoms with Gasteiger partial charge in [-0.15, -0.1) is 0 Å². The van der Waals surface area contributed by atoms with E-state index in [9.17, 15) is 13.5 Å². The highest BCUT2D eigenvalue weighted by Crippen LogP contribution is 2.35. The lowest BCUT2D eigenvalue weighted by Crippen LogP contribution is -2.49. The van der Waals surface area contributed by atoms with Crippen molar-refractivity contribution in [2.75, 3.05) is 26.7 Å². The third-order valence-electron chi connectivity index (χ3n) is 5.28. The van der Waals surface area contributed by atoms with Gasteiger partial charge in [-0.25, -0.2) is 8.42 Å². The van der Waals surface area contributed by atoms with Gasteiger partial charge in [-0.2, -0.15) is 4.31 Å². The second kappa shape index (κ2) is 9.74. The fraction of sp³-hybridized carbons (Fsp3) is 0.476. The van der Waals surface area contributed by atoms with E-state index in [2.05, 4.69) is 25.8 Å². The standard InChI is InChI=1S/C21H28BrN3O4S/c1-15-11-25(16(2)14-26)30(27,28)21-8-7-17(22)10-19(21)29-20(15)13-24(3)12-18-6-4-5-9-23-18/h4-10,15-16,20,26H,11-14H2,1-3H3/t15-,16-,20-/m1/s1. The van der Waals surface area contributed by atoms with E-state index >= 15 is 0 Å². The maximum absolute atomic E-state index is 13.3. The van der Waals surface area contributed by atoms with Gasteiger partial charge in [0.25, 0.3) is 0 Å². The summed E-state index contributed by atoms with van der Waals surface area (Å²) >= 11 is 3.41. The summed E-state index contributed by atoms with van der Waals surface area (Å²) in [6, 6.07) is 10.2. The fourth-order valence-electron chi connectivity index (χ4n) is 3.56. The Balaban J connectivity index is 1.92. The van der Waals surface area contributed by atoms with Crippen LogP contribution in [0.15, 0.2) is 52.0 Å². The van der Waals surface area contributed by atoms with Gasteiger partial charge in [0.2, 0.25) is 10.0 Å². The molecule has 0 amide bonds. The molecular formula is C21H28BrN3O4S. The number of aliphatic hydroxyl groups is 1. The molecule has 1 aliphatic rings. The summed E-state index contributed by atoms with van der Waals surface area (Å²) < 4.78 is 35.0. The minimum absolute atomic E-state index is 0.0907. The molecule has 1 aromatic carbocycles. The molecular weight excluding hydrogens is 470 g/mol. The van der Waals surface area contributed by atoms with E-state index in [1.54, 1.807) is 31.3 Å². The highest BCUT2D eigenvalue weighted by molar-refractivity contribution is 9.10. The van der Waals surface area contributed by atoms with Crippen molar-refractivity contribution in [3.63, 3.8) is 0 Å². The zero-order valence-electron chi connectivity index (χ0n) is 17.4. The maximum atomic E-state index is 13.3. The van der Waals surface area contributed by atoms with Crippen molar-refractivity contribution in [1.82, 2.24) is 14.2 Å². The van der Waals surface area contributed by atoms with Gasteiger partial charge in [0.05, 0.1) is 12.3 Å². The first-order valence-electron chi connectivity index (χ1n) is 9.89. The zero-order valence-corrected chi connectivity index (χ0v) is 19.8. The molecule has 7 nitrogen and oxygen atoms in total. The van der Waals surface area contributed by atoms with Gasteiger partial charge in [-0.3, -0.25) is 9.88 Å². The average molecular weight is 498 g/mol. The molecule has 3 rings (SSSR count). The van der Waals surface area contributed by atoms with Crippen molar-refractivity contribution in [2.24, 2.45) is 5.92 Å². The van der Waals surface area contributed by atoms with E-state index in [0.717, 1.165) is 10.2 Å². The van der Waals surface area contributed by atoms with Crippen LogP contribution in [-0.4, -0.2) is 66.6 Å². The molecule has 1 aliphatic heterocycles. The first-order chi connectivity index (χ1) is 14.2. The number of nitrogens with zero attached hydrogens (tertiary/aromatic N) is 3. The summed E-state index contributed by atoms with van der Waals surface area (Å²) in [5.41, 5.74) is 0.958. The molecule has 2 aromatic rings. The number of pyridine rings is 1. The van der Waals surface area contributed by atoms with Crippen LogP contribution in [0, 0.1) is 5.92 Å². The molecule has 9 heteroatoms. The molecule has 0 unspecified atom stereocenters. The van der Waals surface area contributed by atoms with E-state index in [4.69, 9.17) is 4.74 Å². The molecule has 1 aromatic heterocycles. The number of hydrogen-bond acceptors (Lipinski definition) is 6. The quantitative estimate of drug-likeness (QED) is 0.660. The number of halogens is 1. The van der Waals surface area contributed by atoms with Crippen LogP contribution in [0.1, 0.15) is 19.5 Å². The van der Waals surface area contributed by atoms with Crippen LogP contribution in [0.4, 0.5) is 0 Å². The van der Waals surface area contributed by atoms with E-state index in [1.807, 2.05) is 32.2 Å². The number of aromatic nitrogens is 1. The van der Waals surface area contributed by atoms with Crippen LogP contribution in [0.5, 0.6) is 5.75 Å². The first-order valence-corrected chi connectivity index (χ1v) is 12.1. The highest BCUT2D eigenvalue weighted by Gasteiger charge is 2.38. The molecule has 0 radical (unpaired) electrons. The van der Waals surface area contributed by atoms with Gasteiger partial charge in [0.15, 0.2) is 0 Å². The highest BCUT2D eigenvalue weighted by atomic mass is 79.9. The van der Waals surface area contributed by atoms with Gasteiger partial charge < -0.3 is 9.84 Å². The molecule has 30 heavy (non-hydrogen) atoms. The van der Waals surface area contributed by atoms with E-state index in [0.29, 0.717) is 18.8 Å². The minimum atomic E-state index is -3.80. The van der Waals surface area contributed by atoms with Gasteiger partial charge in [0.1, 0.15) is 16.7 Å². The lowest BCUT2D eigenvalue weighted by atomic mass is 10.0. The number of fused-ring (bicyclic) bond motifs is 1. The van der Waals surface area contributed by atoms with Crippen LogP contribution in [0.25, 0.3) is 0 Å². The molecule has 1 N–H and O–H groups in total. The number of rotatable bonds is 6. The summed E-state index contributed by atoms with van der Waals surface area (Å²) in [6.45, 7) is 4.98. The van der Waals surface area contributed by atoms with Crippen LogP contribution in [0.3, 0.4) is 0 Å². The summed E-state index contributed by atoms with van der Waals surface area (Å²) in [6.07, 6.45) is 1.53. The molecule has 0 bridgehead atoms. The van der Waals surface area contributed by atoms with Crippen molar-refractivity contribution in [1.29, 1.82) is 0 Å². The molecule has 2 heterocycles. The Morgan fingerprint density at radius 2 is 2.13 bits per heavy atom. The average Bonchev–Trinajstić information content (AvgIpc) is 2.70. The van der Waals surface area contributed by atoms with Gasteiger partial charge in [-0.1, -0.05) is 28.9 Å². The minimum Gasteiger partial charge on any atom is -0.487 e. The van der Waals surface area contributed by atoms with Crippen LogP contribution >= 0.6 is 15.9 Å². The normalized spacial score (nSPS) is 22.6. The summed E-state index contributed by atoms with van der Waals surface area (Å²) in [7, 11) is -1.80. The predicted molar refractivity (Wildman–Crippen MR) is 119 cm³/mol. The fourth-order valence-corrected chi connectivity index (χ4v) is 5.72. The molecule has 0 fully saturated rings. The van der Waals surface area contributed by atoms with Gasteiger partial charge >= 0.3 is 0 Å². The Morgan fingerprint density at radius 1 is 1.37 bits per heavy atom. The maximum Gasteiger partial charge on any atom is 0.247 e. The third-order valence-corrected chi connectivity index (χ3v) is 7.79. The van der Waals surface area contributed by atoms with Gasteiger partial charge in [-0.05, 0) is 44.3 Å². The van der Waals surface area contributed by atoms with Crippen molar-refractivity contribution < 1.29 is 18.3 Å². The Morgan fingerprint density at radius 3 is 2.80 bits per heavy atom. The number of sulfonamides is 1. The number of aliphatic hydroxyl groups excluding tert-OH is 1. The predicted octanol–water partition coefficient (Wildman–Crippen LogP) is 2.74. The van der Waals surface area contributed by atoms with Crippen LogP contribution in [-0.2, 0) is 16.6 Å². The SMILES string of the molecule is C[C@@H]1CN([C@H](C)CO)S(=O)(=O)c2ccc(Br)cc2O[C@@H]1CN(C)Cc1ccccn1. The number of likely N-dealkylation sites (N-methyl/N-ethyl adjacent to an activating group) is 1. The second-order valence-corrected chi connectivity index (χ2v) is 10.6. The molecule has 0 aliphatic carbocycles. The monoisotopic (exact) mass is 497 g/mol. The van der Waals surface area contributed by atoms with Crippen molar-refractivity contribution in [3.8, 4) is 5.75 Å². The molecule has 164 valence electrons. The topological polar surface area (TPSA) is 83.0 Å². The van der Waals surface area contributed by atoms with E-state index in [-0.39, 0.29) is 30.1 Å². The molecule has 0 saturated carbocycles. The van der Waals surface area contributed by atoms with E-state index in [1.165, 1.54) is 4.31 Å². The molecule has 3 atom stereocenters. The number of ether oxygens (including phenoxy) is 1. The Kier molecular flexibility index (Phi) is 7.52. The largest absolute Gasteiger partial charge is 0.487 e. The third kappa shape index (κ3) is 5.20. The molecule has 0 saturated heterocycles. The summed E-state index contributed by atoms with van der Waals surface area (Å²) in [5.74, 6) is 0.231. The van der Waals surface area contributed by atoms with Gasteiger partial charge in [0, 0.05) is 42.3 Å². The van der Waals surface area contributed by atoms with Crippen molar-refractivity contribution in [2.45, 2.75) is 37.4 Å². The number of hydrogen-bond donors (Lipinski definition) is 1. The van der Waals surface area contributed by atoms with Crippen LogP contribution in [0.2, 0.25) is 0 Å². The van der Waals surface area contributed by atoms with Crippen molar-refractivity contribution >= 4 is 26.0 Å². The second-order valence-electron chi connectivity index (χ2n) is 7.85. The number of benzene rings is 1. The Labute approximate surface area is 186 Å². The smallest absolute Gasteiger partial charge is 0.247 e. The van der Waals surface area contributed by atoms with Crippen LogP contribution < -0.4 is 4.74 Å². The summed E-state index contributed by atoms with van der Waals surface area (Å²) in [4.78, 5) is 6.62. The molecule has 0 spiro atoms. The lowest BCUT2D eigenvalue weighted by molar-refractivity contribution is 0.0730. The van der Waals surface area contributed by atoms with Crippen molar-refractivity contribution in [3.05, 3.63) is 52.8 Å². The zero-order chi connectivity index (χ0) is 21.9. The van der Waals surface area contributed by atoms with E-state index < -0.39 is 16.1 Å². The lowest BCUT2D eigenvalue weighted by Gasteiger charge is -2.37. The summed E-state index contributed by atoms with van der Waals surface area (Å²) in [5, 5.41) is 9.68. The first kappa shape index (κ1) is 23.1.